The fourth-order valence-corrected chi connectivity index (χ4v) is 4.13. The molecule has 0 aliphatic heterocycles. The fraction of sp³-hybridized carbons (Fsp3) is 0.250. The van der Waals surface area contributed by atoms with Crippen molar-refractivity contribution in [3.8, 4) is 0 Å². The van der Waals surface area contributed by atoms with Crippen molar-refractivity contribution in [2.45, 2.75) is 17.1 Å². The summed E-state index contributed by atoms with van der Waals surface area (Å²) >= 11 is 2.70. The zero-order valence-corrected chi connectivity index (χ0v) is 14.7. The Morgan fingerprint density at radius 2 is 1.91 bits per heavy atom. The molecule has 0 radical (unpaired) electrons. The first-order valence-corrected chi connectivity index (χ1v) is 8.70. The summed E-state index contributed by atoms with van der Waals surface area (Å²) in [5.41, 5.74) is 1.27. The summed E-state index contributed by atoms with van der Waals surface area (Å²) < 4.78 is 0. The molecular formula is C16H18N2O3S2. The van der Waals surface area contributed by atoms with E-state index in [-0.39, 0.29) is 16.8 Å². The van der Waals surface area contributed by atoms with Crippen LogP contribution in [0.3, 0.4) is 0 Å². The lowest BCUT2D eigenvalue weighted by atomic mass is 10.2. The summed E-state index contributed by atoms with van der Waals surface area (Å²) in [6, 6.07) is 9.55. The predicted octanol–water partition coefficient (Wildman–Crippen LogP) is 4.39. The van der Waals surface area contributed by atoms with Gasteiger partial charge in [0.2, 0.25) is 0 Å². The van der Waals surface area contributed by atoms with Gasteiger partial charge in [0.1, 0.15) is 10.6 Å². The number of nitrogens with one attached hydrogen (secondary N) is 1. The highest BCUT2D eigenvalue weighted by atomic mass is 32.2. The lowest BCUT2D eigenvalue weighted by molar-refractivity contribution is 0.0695. The standard InChI is InChI=1S/C16H18N2O3S2/c1-10(11-7-5-4-6-8-11)23-12-9-22-14(13(12)15(19)20)17-16(21)18(2)3/h4-10H,1-3H3,(H,17,21)(H,19,20). The van der Waals surface area contributed by atoms with Crippen molar-refractivity contribution in [3.05, 3.63) is 46.8 Å². The molecular weight excluding hydrogens is 332 g/mol. The first kappa shape index (κ1) is 17.4. The summed E-state index contributed by atoms with van der Waals surface area (Å²) in [6.45, 7) is 2.03. The lowest BCUT2D eigenvalue weighted by Gasteiger charge is -2.13. The zero-order valence-electron chi connectivity index (χ0n) is 13.1. The van der Waals surface area contributed by atoms with E-state index in [1.165, 1.54) is 28.0 Å². The SMILES string of the molecule is CC(Sc1csc(NC(=O)N(C)C)c1C(=O)O)c1ccccc1. The predicted molar refractivity (Wildman–Crippen MR) is 94.7 cm³/mol. The molecule has 0 bridgehead atoms. The second-order valence-electron chi connectivity index (χ2n) is 5.10. The summed E-state index contributed by atoms with van der Waals surface area (Å²) in [7, 11) is 3.22. The Bertz CT molecular complexity index is 699. The van der Waals surface area contributed by atoms with Gasteiger partial charge in [-0.3, -0.25) is 5.32 Å². The van der Waals surface area contributed by atoms with Gasteiger partial charge in [0.15, 0.2) is 0 Å². The van der Waals surface area contributed by atoms with E-state index in [1.807, 2.05) is 37.3 Å². The highest BCUT2D eigenvalue weighted by molar-refractivity contribution is 7.99. The molecule has 2 N–H and O–H groups in total. The largest absolute Gasteiger partial charge is 0.478 e. The number of hydrogen-bond acceptors (Lipinski definition) is 4. The van der Waals surface area contributed by atoms with Crippen LogP contribution in [0.25, 0.3) is 0 Å². The Hall–Kier alpha value is -1.99. The number of carboxylic acids is 1. The summed E-state index contributed by atoms with van der Waals surface area (Å²) in [5.74, 6) is -1.04. The molecule has 0 fully saturated rings. The van der Waals surface area contributed by atoms with Gasteiger partial charge in [0, 0.05) is 29.6 Å². The summed E-state index contributed by atoms with van der Waals surface area (Å²) in [5, 5.41) is 14.4. The van der Waals surface area contributed by atoms with Crippen LogP contribution in [0.5, 0.6) is 0 Å². The maximum Gasteiger partial charge on any atom is 0.339 e. The molecule has 1 aromatic heterocycles. The van der Waals surface area contributed by atoms with E-state index in [0.717, 1.165) is 5.56 Å². The van der Waals surface area contributed by atoms with E-state index in [2.05, 4.69) is 5.32 Å². The molecule has 2 rings (SSSR count). The van der Waals surface area contributed by atoms with Crippen molar-refractivity contribution in [2.24, 2.45) is 0 Å². The number of thiophene rings is 1. The first-order valence-electron chi connectivity index (χ1n) is 6.94. The molecule has 0 aliphatic carbocycles. The average molecular weight is 350 g/mol. The highest BCUT2D eigenvalue weighted by Crippen LogP contribution is 2.42. The normalized spacial score (nSPS) is 11.8. The molecule has 1 heterocycles. The number of carbonyl (C=O) groups excluding carboxylic acids is 1. The topological polar surface area (TPSA) is 69.6 Å². The molecule has 0 saturated heterocycles. The van der Waals surface area contributed by atoms with E-state index >= 15 is 0 Å². The number of amides is 2. The molecule has 1 aromatic carbocycles. The first-order chi connectivity index (χ1) is 10.9. The molecule has 23 heavy (non-hydrogen) atoms. The third-order valence-electron chi connectivity index (χ3n) is 3.17. The van der Waals surface area contributed by atoms with Crippen LogP contribution in [0.4, 0.5) is 9.80 Å². The van der Waals surface area contributed by atoms with Gasteiger partial charge in [-0.05, 0) is 12.5 Å². The minimum Gasteiger partial charge on any atom is -0.478 e. The van der Waals surface area contributed by atoms with Crippen LogP contribution in [0.2, 0.25) is 0 Å². The van der Waals surface area contributed by atoms with E-state index in [9.17, 15) is 14.7 Å². The van der Waals surface area contributed by atoms with Crippen LogP contribution < -0.4 is 5.32 Å². The Morgan fingerprint density at radius 1 is 1.26 bits per heavy atom. The molecule has 0 saturated carbocycles. The second-order valence-corrected chi connectivity index (χ2v) is 7.37. The van der Waals surface area contributed by atoms with Gasteiger partial charge < -0.3 is 10.0 Å². The van der Waals surface area contributed by atoms with E-state index in [4.69, 9.17) is 0 Å². The average Bonchev–Trinajstić information content (AvgIpc) is 2.90. The van der Waals surface area contributed by atoms with Crippen LogP contribution in [-0.4, -0.2) is 36.1 Å². The molecule has 1 unspecified atom stereocenters. The van der Waals surface area contributed by atoms with Crippen molar-refractivity contribution < 1.29 is 14.7 Å². The Balaban J connectivity index is 2.24. The van der Waals surface area contributed by atoms with E-state index < -0.39 is 5.97 Å². The van der Waals surface area contributed by atoms with Gasteiger partial charge in [-0.15, -0.1) is 23.1 Å². The number of carbonyl (C=O) groups is 2. The number of hydrogen-bond donors (Lipinski definition) is 2. The van der Waals surface area contributed by atoms with Gasteiger partial charge in [-0.25, -0.2) is 9.59 Å². The second kappa shape index (κ2) is 7.52. The molecule has 0 spiro atoms. The molecule has 0 aliphatic rings. The zero-order chi connectivity index (χ0) is 17.0. The van der Waals surface area contributed by atoms with Gasteiger partial charge >= 0.3 is 12.0 Å². The van der Waals surface area contributed by atoms with Gasteiger partial charge in [0.05, 0.1) is 0 Å². The van der Waals surface area contributed by atoms with Crippen LogP contribution >= 0.6 is 23.1 Å². The quantitative estimate of drug-likeness (QED) is 0.785. The third kappa shape index (κ3) is 4.27. The van der Waals surface area contributed by atoms with Crippen molar-refractivity contribution >= 4 is 40.1 Å². The van der Waals surface area contributed by atoms with Gasteiger partial charge in [-0.2, -0.15) is 0 Å². The van der Waals surface area contributed by atoms with Gasteiger partial charge in [0.25, 0.3) is 0 Å². The molecule has 5 nitrogen and oxygen atoms in total. The minimum atomic E-state index is -1.04. The number of rotatable bonds is 5. The van der Waals surface area contributed by atoms with E-state index in [1.54, 1.807) is 19.5 Å². The maximum atomic E-state index is 11.8. The molecule has 2 aromatic rings. The molecule has 2 amide bonds. The number of urea groups is 1. The molecule has 122 valence electrons. The van der Waals surface area contributed by atoms with Crippen LogP contribution in [0.1, 0.15) is 28.1 Å². The number of carboxylic acid groups (broad SMARTS) is 1. The van der Waals surface area contributed by atoms with Crippen LogP contribution in [-0.2, 0) is 0 Å². The van der Waals surface area contributed by atoms with Crippen LogP contribution in [0, 0.1) is 0 Å². The Labute approximate surface area is 143 Å². The van der Waals surface area contributed by atoms with Crippen molar-refractivity contribution in [1.82, 2.24) is 4.90 Å². The third-order valence-corrected chi connectivity index (χ3v) is 5.42. The van der Waals surface area contributed by atoms with Crippen molar-refractivity contribution in [1.29, 1.82) is 0 Å². The number of aromatic carboxylic acids is 1. The molecule has 1 atom stereocenters. The van der Waals surface area contributed by atoms with Crippen molar-refractivity contribution in [3.63, 3.8) is 0 Å². The summed E-state index contributed by atoms with van der Waals surface area (Å²) in [4.78, 5) is 25.4. The lowest BCUT2D eigenvalue weighted by Crippen LogP contribution is -2.27. The van der Waals surface area contributed by atoms with Crippen LogP contribution in [0.15, 0.2) is 40.6 Å². The monoisotopic (exact) mass is 350 g/mol. The fourth-order valence-electron chi connectivity index (χ4n) is 1.91. The number of thioether (sulfide) groups is 1. The number of nitrogens with zero attached hydrogens (tertiary/aromatic N) is 1. The highest BCUT2D eigenvalue weighted by Gasteiger charge is 2.22. The number of anilines is 1. The maximum absolute atomic E-state index is 11.8. The van der Waals surface area contributed by atoms with E-state index in [0.29, 0.717) is 9.90 Å². The minimum absolute atomic E-state index is 0.112. The Kier molecular flexibility index (Phi) is 5.68. The summed E-state index contributed by atoms with van der Waals surface area (Å²) in [6.07, 6.45) is 0. The van der Waals surface area contributed by atoms with Gasteiger partial charge in [-0.1, -0.05) is 30.3 Å². The molecule has 7 heteroatoms. The smallest absolute Gasteiger partial charge is 0.339 e. The Morgan fingerprint density at radius 3 is 2.48 bits per heavy atom. The van der Waals surface area contributed by atoms with Crippen molar-refractivity contribution in [2.75, 3.05) is 19.4 Å². The number of benzene rings is 1.